The lowest BCUT2D eigenvalue weighted by Gasteiger charge is -2.30. The number of carbonyl (C=O) groups is 1. The third-order valence-corrected chi connectivity index (χ3v) is 3.96. The standard InChI is InChI=1S/C18H18O2/c1-13(17(19)15-8-3-2-4-9-15)18-16-10-6-5-7-14(16)11-12-20-18/h2-10,13,18H,11-12H2,1H3. The zero-order valence-corrected chi connectivity index (χ0v) is 11.6. The minimum Gasteiger partial charge on any atom is -0.372 e. The molecule has 20 heavy (non-hydrogen) atoms. The molecule has 0 amide bonds. The predicted octanol–water partition coefficient (Wildman–Crippen LogP) is 3.82. The molecule has 0 fully saturated rings. The molecule has 0 bridgehead atoms. The number of hydrogen-bond acceptors (Lipinski definition) is 2. The molecule has 102 valence electrons. The van der Waals surface area contributed by atoms with Gasteiger partial charge in [-0.2, -0.15) is 0 Å². The molecule has 2 heteroatoms. The molecule has 0 saturated carbocycles. The maximum Gasteiger partial charge on any atom is 0.168 e. The molecule has 0 N–H and O–H groups in total. The van der Waals surface area contributed by atoms with Crippen LogP contribution in [0.3, 0.4) is 0 Å². The SMILES string of the molecule is CC(C(=O)c1ccccc1)C1OCCc2ccccc21. The number of carbonyl (C=O) groups excluding carboxylic acids is 1. The van der Waals surface area contributed by atoms with Crippen molar-refractivity contribution in [2.75, 3.05) is 6.61 Å². The molecular weight excluding hydrogens is 248 g/mol. The quantitative estimate of drug-likeness (QED) is 0.789. The number of ether oxygens (including phenoxy) is 1. The van der Waals surface area contributed by atoms with Gasteiger partial charge in [-0.25, -0.2) is 0 Å². The molecule has 0 aliphatic carbocycles. The average Bonchev–Trinajstić information content (AvgIpc) is 2.54. The Kier molecular flexibility index (Phi) is 3.66. The van der Waals surface area contributed by atoms with E-state index in [0.29, 0.717) is 6.61 Å². The van der Waals surface area contributed by atoms with E-state index in [4.69, 9.17) is 4.74 Å². The molecule has 1 heterocycles. The van der Waals surface area contributed by atoms with Gasteiger partial charge in [-0.3, -0.25) is 4.79 Å². The molecule has 0 aromatic heterocycles. The van der Waals surface area contributed by atoms with Crippen molar-refractivity contribution >= 4 is 5.78 Å². The van der Waals surface area contributed by atoms with Crippen LogP contribution in [0.1, 0.15) is 34.5 Å². The average molecular weight is 266 g/mol. The Balaban J connectivity index is 1.89. The van der Waals surface area contributed by atoms with Crippen LogP contribution in [0, 0.1) is 5.92 Å². The summed E-state index contributed by atoms with van der Waals surface area (Å²) < 4.78 is 5.89. The summed E-state index contributed by atoms with van der Waals surface area (Å²) in [6, 6.07) is 17.7. The lowest BCUT2D eigenvalue weighted by molar-refractivity contribution is 0.00927. The first kappa shape index (κ1) is 13.1. The first-order chi connectivity index (χ1) is 9.77. The van der Waals surface area contributed by atoms with Gasteiger partial charge in [0.2, 0.25) is 0 Å². The van der Waals surface area contributed by atoms with Crippen molar-refractivity contribution < 1.29 is 9.53 Å². The fourth-order valence-corrected chi connectivity index (χ4v) is 2.84. The fourth-order valence-electron chi connectivity index (χ4n) is 2.84. The van der Waals surface area contributed by atoms with Crippen molar-refractivity contribution in [3.8, 4) is 0 Å². The zero-order chi connectivity index (χ0) is 13.9. The summed E-state index contributed by atoms with van der Waals surface area (Å²) in [5.74, 6) is -0.0221. The summed E-state index contributed by atoms with van der Waals surface area (Å²) in [6.07, 6.45) is 0.798. The van der Waals surface area contributed by atoms with E-state index >= 15 is 0 Å². The minimum atomic E-state index is -0.168. The van der Waals surface area contributed by atoms with Crippen LogP contribution in [0.15, 0.2) is 54.6 Å². The Morgan fingerprint density at radius 1 is 1.10 bits per heavy atom. The van der Waals surface area contributed by atoms with E-state index in [1.807, 2.05) is 49.4 Å². The molecular formula is C18H18O2. The van der Waals surface area contributed by atoms with Crippen molar-refractivity contribution in [2.24, 2.45) is 5.92 Å². The maximum atomic E-state index is 12.6. The van der Waals surface area contributed by atoms with Crippen molar-refractivity contribution in [1.29, 1.82) is 0 Å². The molecule has 0 radical (unpaired) electrons. The van der Waals surface area contributed by atoms with Gasteiger partial charge in [-0.1, -0.05) is 61.5 Å². The van der Waals surface area contributed by atoms with Crippen LogP contribution in [0.4, 0.5) is 0 Å². The number of hydrogen-bond donors (Lipinski definition) is 0. The summed E-state index contributed by atoms with van der Waals surface area (Å²) in [5.41, 5.74) is 3.22. The number of ketones is 1. The summed E-state index contributed by atoms with van der Waals surface area (Å²) >= 11 is 0. The van der Waals surface area contributed by atoms with Gasteiger partial charge >= 0.3 is 0 Å². The van der Waals surface area contributed by atoms with Crippen molar-refractivity contribution in [3.05, 3.63) is 71.3 Å². The molecule has 1 aliphatic heterocycles. The fraction of sp³-hybridized carbons (Fsp3) is 0.278. The lowest BCUT2D eigenvalue weighted by atomic mass is 9.86. The van der Waals surface area contributed by atoms with Crippen LogP contribution >= 0.6 is 0 Å². The summed E-state index contributed by atoms with van der Waals surface area (Å²) in [6.45, 7) is 2.65. The van der Waals surface area contributed by atoms with Gasteiger partial charge in [0, 0.05) is 11.5 Å². The van der Waals surface area contributed by atoms with Crippen molar-refractivity contribution in [1.82, 2.24) is 0 Å². The largest absolute Gasteiger partial charge is 0.372 e. The van der Waals surface area contributed by atoms with Crippen molar-refractivity contribution in [3.63, 3.8) is 0 Å². The second-order valence-electron chi connectivity index (χ2n) is 5.26. The van der Waals surface area contributed by atoms with E-state index in [0.717, 1.165) is 17.5 Å². The highest BCUT2D eigenvalue weighted by molar-refractivity contribution is 5.98. The topological polar surface area (TPSA) is 26.3 Å². The van der Waals surface area contributed by atoms with Gasteiger partial charge in [0.15, 0.2) is 5.78 Å². The van der Waals surface area contributed by atoms with Crippen LogP contribution in [0.2, 0.25) is 0 Å². The highest BCUT2D eigenvalue weighted by Gasteiger charge is 2.30. The van der Waals surface area contributed by atoms with Crippen molar-refractivity contribution in [2.45, 2.75) is 19.4 Å². The Hall–Kier alpha value is -1.93. The van der Waals surface area contributed by atoms with E-state index in [1.165, 1.54) is 5.56 Å². The normalized spacial score (nSPS) is 19.1. The van der Waals surface area contributed by atoms with E-state index in [-0.39, 0.29) is 17.8 Å². The minimum absolute atomic E-state index is 0.132. The van der Waals surface area contributed by atoms with E-state index in [2.05, 4.69) is 12.1 Å². The molecule has 2 nitrogen and oxygen atoms in total. The third-order valence-electron chi connectivity index (χ3n) is 3.96. The van der Waals surface area contributed by atoms with Gasteiger partial charge in [-0.05, 0) is 17.5 Å². The monoisotopic (exact) mass is 266 g/mol. The van der Waals surface area contributed by atoms with Crippen LogP contribution in [0.5, 0.6) is 0 Å². The van der Waals surface area contributed by atoms with Gasteiger partial charge in [0.1, 0.15) is 0 Å². The van der Waals surface area contributed by atoms with Gasteiger partial charge < -0.3 is 4.74 Å². The number of fused-ring (bicyclic) bond motifs is 1. The first-order valence-electron chi connectivity index (χ1n) is 7.06. The summed E-state index contributed by atoms with van der Waals surface area (Å²) in [7, 11) is 0. The first-order valence-corrected chi connectivity index (χ1v) is 7.06. The maximum absolute atomic E-state index is 12.6. The zero-order valence-electron chi connectivity index (χ0n) is 11.6. The number of benzene rings is 2. The third kappa shape index (κ3) is 2.39. The highest BCUT2D eigenvalue weighted by atomic mass is 16.5. The molecule has 0 saturated heterocycles. The summed E-state index contributed by atoms with van der Waals surface area (Å²) in [4.78, 5) is 12.6. The Morgan fingerprint density at radius 3 is 2.60 bits per heavy atom. The molecule has 1 aliphatic rings. The lowest BCUT2D eigenvalue weighted by Crippen LogP contribution is -2.26. The highest BCUT2D eigenvalue weighted by Crippen LogP contribution is 2.34. The molecule has 2 aromatic carbocycles. The van der Waals surface area contributed by atoms with Crippen LogP contribution < -0.4 is 0 Å². The molecule has 2 unspecified atom stereocenters. The Morgan fingerprint density at radius 2 is 1.80 bits per heavy atom. The van der Waals surface area contributed by atoms with Gasteiger partial charge in [0.05, 0.1) is 12.7 Å². The smallest absolute Gasteiger partial charge is 0.168 e. The Bertz CT molecular complexity index is 604. The molecule has 2 atom stereocenters. The molecule has 0 spiro atoms. The second kappa shape index (κ2) is 5.59. The molecule has 3 rings (SSSR count). The Labute approximate surface area is 119 Å². The van der Waals surface area contributed by atoms with E-state index in [1.54, 1.807) is 0 Å². The predicted molar refractivity (Wildman–Crippen MR) is 78.8 cm³/mol. The van der Waals surface area contributed by atoms with Crippen LogP contribution in [-0.4, -0.2) is 12.4 Å². The van der Waals surface area contributed by atoms with Crippen LogP contribution in [0.25, 0.3) is 0 Å². The van der Waals surface area contributed by atoms with E-state index < -0.39 is 0 Å². The van der Waals surface area contributed by atoms with Gasteiger partial charge in [0.25, 0.3) is 0 Å². The number of Topliss-reactive ketones (excluding diaryl/α,β-unsaturated/α-hetero) is 1. The molecule has 2 aromatic rings. The number of rotatable bonds is 3. The second-order valence-corrected chi connectivity index (χ2v) is 5.26. The summed E-state index contributed by atoms with van der Waals surface area (Å²) in [5, 5.41) is 0. The van der Waals surface area contributed by atoms with Gasteiger partial charge in [-0.15, -0.1) is 0 Å². The van der Waals surface area contributed by atoms with E-state index in [9.17, 15) is 4.79 Å². The van der Waals surface area contributed by atoms with Crippen LogP contribution in [-0.2, 0) is 11.2 Å².